The van der Waals surface area contributed by atoms with Gasteiger partial charge in [0.05, 0.1) is 11.9 Å². The van der Waals surface area contributed by atoms with Gasteiger partial charge in [-0.15, -0.1) is 0 Å². The lowest BCUT2D eigenvalue weighted by Gasteiger charge is -2.30. The van der Waals surface area contributed by atoms with E-state index in [4.69, 9.17) is 0 Å². The van der Waals surface area contributed by atoms with Gasteiger partial charge in [0.25, 0.3) is 0 Å². The van der Waals surface area contributed by atoms with E-state index in [-0.39, 0.29) is 12.4 Å². The highest BCUT2D eigenvalue weighted by Gasteiger charge is 2.33. The molecule has 2 aliphatic rings. The lowest BCUT2D eigenvalue weighted by molar-refractivity contribution is 0.149. The number of halogens is 1. The minimum Gasteiger partial charge on any atom is -0.396 e. The van der Waals surface area contributed by atoms with Crippen molar-refractivity contribution < 1.29 is 9.50 Å². The predicted octanol–water partition coefficient (Wildman–Crippen LogP) is 2.54. The Balaban J connectivity index is 1.37. The maximum absolute atomic E-state index is 13.4. The van der Waals surface area contributed by atoms with Crippen LogP contribution in [0.1, 0.15) is 24.8 Å². The van der Waals surface area contributed by atoms with Gasteiger partial charge >= 0.3 is 0 Å². The average Bonchev–Trinajstić information content (AvgIpc) is 3.30. The molecule has 2 atom stereocenters. The molecule has 2 fully saturated rings. The van der Waals surface area contributed by atoms with Crippen LogP contribution < -0.4 is 0 Å². The molecule has 146 valence electrons. The molecule has 0 saturated carbocycles. The Morgan fingerprint density at radius 3 is 2.67 bits per heavy atom. The molecule has 0 spiro atoms. The van der Waals surface area contributed by atoms with Crippen LogP contribution in [0.15, 0.2) is 36.7 Å². The van der Waals surface area contributed by atoms with Gasteiger partial charge in [0.2, 0.25) is 0 Å². The number of piperidine rings is 1. The van der Waals surface area contributed by atoms with Gasteiger partial charge in [0.1, 0.15) is 5.82 Å². The van der Waals surface area contributed by atoms with Crippen molar-refractivity contribution in [2.24, 2.45) is 11.8 Å². The van der Waals surface area contributed by atoms with Crippen molar-refractivity contribution in [3.63, 3.8) is 0 Å². The fourth-order valence-electron chi connectivity index (χ4n) is 4.51. The standard InChI is InChI=1S/C21H29FN4O/c22-20-5-4-6-21(9-20)26-12-17(10-23-26)11-25-14-18(19(15-25)16-27)13-24-7-2-1-3-8-24/h4-6,9-10,12,18-19,27H,1-3,7-8,11,13-16H2/t18-,19-/m1/s1. The SMILES string of the molecule is OC[C@H]1CN(Cc2cnn(-c3cccc(F)c3)c2)C[C@H]1CN1CCCCC1. The first-order chi connectivity index (χ1) is 13.2. The number of rotatable bonds is 6. The zero-order valence-electron chi connectivity index (χ0n) is 15.8. The molecule has 0 amide bonds. The van der Waals surface area contributed by atoms with Gasteiger partial charge in [-0.3, -0.25) is 4.90 Å². The second-order valence-electron chi connectivity index (χ2n) is 8.03. The number of benzene rings is 1. The molecule has 0 radical (unpaired) electrons. The van der Waals surface area contributed by atoms with Gasteiger partial charge in [-0.25, -0.2) is 9.07 Å². The van der Waals surface area contributed by atoms with Crippen LogP contribution >= 0.6 is 0 Å². The van der Waals surface area contributed by atoms with Gasteiger partial charge in [0, 0.05) is 44.5 Å². The molecule has 2 aliphatic heterocycles. The van der Waals surface area contributed by atoms with Crippen molar-refractivity contribution in [2.75, 3.05) is 39.3 Å². The summed E-state index contributed by atoms with van der Waals surface area (Å²) in [5, 5.41) is 14.2. The number of aliphatic hydroxyl groups is 1. The van der Waals surface area contributed by atoms with Crippen molar-refractivity contribution in [1.29, 1.82) is 0 Å². The van der Waals surface area contributed by atoms with Crippen molar-refractivity contribution in [3.8, 4) is 5.69 Å². The van der Waals surface area contributed by atoms with Crippen LogP contribution in [0, 0.1) is 17.7 Å². The minimum absolute atomic E-state index is 0.254. The predicted molar refractivity (Wildman–Crippen MR) is 103 cm³/mol. The van der Waals surface area contributed by atoms with Crippen LogP contribution in [0.3, 0.4) is 0 Å². The number of aliphatic hydroxyl groups excluding tert-OH is 1. The summed E-state index contributed by atoms with van der Waals surface area (Å²) < 4.78 is 15.2. The lowest BCUT2D eigenvalue weighted by atomic mass is 9.95. The van der Waals surface area contributed by atoms with Crippen molar-refractivity contribution in [3.05, 3.63) is 48.0 Å². The fourth-order valence-corrected chi connectivity index (χ4v) is 4.51. The summed E-state index contributed by atoms with van der Waals surface area (Å²) in [4.78, 5) is 4.99. The monoisotopic (exact) mass is 372 g/mol. The second kappa shape index (κ2) is 8.50. The summed E-state index contributed by atoms with van der Waals surface area (Å²) in [6.45, 7) is 6.54. The highest BCUT2D eigenvalue weighted by atomic mass is 19.1. The summed E-state index contributed by atoms with van der Waals surface area (Å²) >= 11 is 0. The van der Waals surface area contributed by atoms with Crippen molar-refractivity contribution in [1.82, 2.24) is 19.6 Å². The number of aromatic nitrogens is 2. The third kappa shape index (κ3) is 4.57. The summed E-state index contributed by atoms with van der Waals surface area (Å²) in [6.07, 6.45) is 7.79. The van der Waals surface area contributed by atoms with Gasteiger partial charge < -0.3 is 10.0 Å². The first kappa shape index (κ1) is 18.6. The van der Waals surface area contributed by atoms with E-state index in [1.807, 2.05) is 18.5 Å². The number of hydrogen-bond donors (Lipinski definition) is 1. The third-order valence-electron chi connectivity index (χ3n) is 5.94. The highest BCUT2D eigenvalue weighted by Crippen LogP contribution is 2.26. The summed E-state index contributed by atoms with van der Waals surface area (Å²) in [7, 11) is 0. The van der Waals surface area contributed by atoms with E-state index >= 15 is 0 Å². The van der Waals surface area contributed by atoms with Gasteiger partial charge in [-0.05, 0) is 56.0 Å². The molecule has 6 heteroatoms. The topological polar surface area (TPSA) is 44.5 Å². The molecule has 2 aromatic rings. The van der Waals surface area contributed by atoms with Crippen LogP contribution in [0.4, 0.5) is 4.39 Å². The van der Waals surface area contributed by atoms with E-state index in [0.29, 0.717) is 11.8 Å². The van der Waals surface area contributed by atoms with Gasteiger partial charge in [-0.2, -0.15) is 5.10 Å². The quantitative estimate of drug-likeness (QED) is 0.846. The van der Waals surface area contributed by atoms with Gasteiger partial charge in [0.15, 0.2) is 0 Å². The molecule has 27 heavy (non-hydrogen) atoms. The van der Waals surface area contributed by atoms with Crippen LogP contribution in [-0.4, -0.2) is 64.0 Å². The van der Waals surface area contributed by atoms with E-state index < -0.39 is 0 Å². The van der Waals surface area contributed by atoms with E-state index in [2.05, 4.69) is 14.9 Å². The molecular weight excluding hydrogens is 343 g/mol. The highest BCUT2D eigenvalue weighted by molar-refractivity contribution is 5.31. The second-order valence-corrected chi connectivity index (χ2v) is 8.03. The van der Waals surface area contributed by atoms with Crippen LogP contribution in [-0.2, 0) is 6.54 Å². The van der Waals surface area contributed by atoms with Crippen LogP contribution in [0.25, 0.3) is 5.69 Å². The Hall–Kier alpha value is -1.76. The van der Waals surface area contributed by atoms with Gasteiger partial charge in [-0.1, -0.05) is 12.5 Å². The fraction of sp³-hybridized carbons (Fsp3) is 0.571. The smallest absolute Gasteiger partial charge is 0.125 e. The Kier molecular flexibility index (Phi) is 5.86. The van der Waals surface area contributed by atoms with E-state index in [0.717, 1.165) is 37.4 Å². The Morgan fingerprint density at radius 1 is 1.07 bits per heavy atom. The van der Waals surface area contributed by atoms with Crippen molar-refractivity contribution >= 4 is 0 Å². The summed E-state index contributed by atoms with van der Waals surface area (Å²) in [5.74, 6) is 0.631. The van der Waals surface area contributed by atoms with Crippen molar-refractivity contribution in [2.45, 2.75) is 25.8 Å². The molecule has 4 rings (SSSR count). The zero-order valence-corrected chi connectivity index (χ0v) is 15.8. The Bertz CT molecular complexity index is 743. The Morgan fingerprint density at radius 2 is 1.89 bits per heavy atom. The maximum atomic E-state index is 13.4. The third-order valence-corrected chi connectivity index (χ3v) is 5.94. The molecule has 5 nitrogen and oxygen atoms in total. The van der Waals surface area contributed by atoms with Crippen LogP contribution in [0.2, 0.25) is 0 Å². The number of likely N-dealkylation sites (tertiary alicyclic amines) is 2. The molecule has 3 heterocycles. The Labute approximate surface area is 160 Å². The zero-order chi connectivity index (χ0) is 18.6. The molecule has 2 saturated heterocycles. The average molecular weight is 372 g/mol. The first-order valence-electron chi connectivity index (χ1n) is 10.1. The molecule has 0 aliphatic carbocycles. The summed E-state index contributed by atoms with van der Waals surface area (Å²) in [6, 6.07) is 6.48. The molecule has 0 unspecified atom stereocenters. The minimum atomic E-state index is -0.254. The maximum Gasteiger partial charge on any atom is 0.125 e. The number of nitrogens with zero attached hydrogens (tertiary/aromatic N) is 4. The first-order valence-corrected chi connectivity index (χ1v) is 10.1. The van der Waals surface area contributed by atoms with E-state index in [9.17, 15) is 9.50 Å². The molecule has 1 aromatic carbocycles. The van der Waals surface area contributed by atoms with Crippen LogP contribution in [0.5, 0.6) is 0 Å². The normalized spacial score (nSPS) is 24.5. The number of hydrogen-bond acceptors (Lipinski definition) is 4. The molecule has 1 N–H and O–H groups in total. The molecular formula is C21H29FN4O. The molecule has 1 aromatic heterocycles. The molecule has 0 bridgehead atoms. The summed E-state index contributed by atoms with van der Waals surface area (Å²) in [5.41, 5.74) is 1.86. The van der Waals surface area contributed by atoms with E-state index in [1.165, 1.54) is 44.5 Å². The van der Waals surface area contributed by atoms with E-state index in [1.54, 1.807) is 10.7 Å². The lowest BCUT2D eigenvalue weighted by Crippen LogP contribution is -2.37. The largest absolute Gasteiger partial charge is 0.396 e.